The van der Waals surface area contributed by atoms with Crippen molar-refractivity contribution in [1.82, 2.24) is 14.9 Å². The van der Waals surface area contributed by atoms with Gasteiger partial charge in [0, 0.05) is 17.2 Å². The highest BCUT2D eigenvalue weighted by Gasteiger charge is 2.29. The molecule has 6 nitrogen and oxygen atoms in total. The summed E-state index contributed by atoms with van der Waals surface area (Å²) < 4.78 is 12.2. The molecule has 3 rings (SSSR count). The van der Waals surface area contributed by atoms with E-state index in [9.17, 15) is 0 Å². The predicted octanol–water partition coefficient (Wildman–Crippen LogP) is 2.18. The van der Waals surface area contributed by atoms with E-state index in [1.807, 2.05) is 18.2 Å². The number of aromatic nitrogens is 3. The molecule has 2 N–H and O–H groups in total. The summed E-state index contributed by atoms with van der Waals surface area (Å²) in [5.74, 6) is 9.75. The lowest BCUT2D eigenvalue weighted by molar-refractivity contribution is 0.400. The van der Waals surface area contributed by atoms with Gasteiger partial charge in [-0.3, -0.25) is 0 Å². The number of thioether (sulfide) groups is 1. The summed E-state index contributed by atoms with van der Waals surface area (Å²) in [6.07, 6.45) is 2.31. The van der Waals surface area contributed by atoms with E-state index in [-0.39, 0.29) is 0 Å². The number of hydrogen-bond donors (Lipinski definition) is 1. The number of rotatable bonds is 6. The minimum absolute atomic E-state index is 0.489. The van der Waals surface area contributed by atoms with Gasteiger partial charge in [0.2, 0.25) is 5.16 Å². The molecule has 0 unspecified atom stereocenters. The molecule has 21 heavy (non-hydrogen) atoms. The Kier molecular flexibility index (Phi) is 3.92. The van der Waals surface area contributed by atoms with E-state index >= 15 is 0 Å². The summed E-state index contributed by atoms with van der Waals surface area (Å²) in [6, 6.07) is 5.74. The van der Waals surface area contributed by atoms with Crippen LogP contribution in [0.4, 0.5) is 0 Å². The molecular weight excluding hydrogens is 288 g/mol. The standard InChI is InChI=1S/C14H18N4O2S/c1-19-11-5-6-12(20-2)10(7-11)8-21-14-17-16-13(18(14)15)9-3-4-9/h5-7,9H,3-4,8,15H2,1-2H3. The highest BCUT2D eigenvalue weighted by molar-refractivity contribution is 7.98. The number of nitrogen functional groups attached to an aromatic ring is 1. The molecule has 1 fully saturated rings. The Morgan fingerprint density at radius 2 is 2.10 bits per heavy atom. The van der Waals surface area contributed by atoms with Crippen LogP contribution in [0.2, 0.25) is 0 Å². The van der Waals surface area contributed by atoms with E-state index in [2.05, 4.69) is 10.2 Å². The summed E-state index contributed by atoms with van der Waals surface area (Å²) in [5.41, 5.74) is 1.04. The van der Waals surface area contributed by atoms with Crippen LogP contribution in [0.15, 0.2) is 23.4 Å². The van der Waals surface area contributed by atoms with Crippen molar-refractivity contribution in [2.45, 2.75) is 29.7 Å². The molecule has 0 atom stereocenters. The van der Waals surface area contributed by atoms with Gasteiger partial charge >= 0.3 is 0 Å². The average molecular weight is 306 g/mol. The molecule has 1 aromatic carbocycles. The number of ether oxygens (including phenoxy) is 2. The van der Waals surface area contributed by atoms with Gasteiger partial charge in [-0.15, -0.1) is 10.2 Å². The van der Waals surface area contributed by atoms with Gasteiger partial charge in [0.15, 0.2) is 5.82 Å². The van der Waals surface area contributed by atoms with Crippen molar-refractivity contribution in [3.8, 4) is 11.5 Å². The van der Waals surface area contributed by atoms with Crippen LogP contribution in [0, 0.1) is 0 Å². The molecule has 1 aromatic heterocycles. The lowest BCUT2D eigenvalue weighted by Gasteiger charge is -2.10. The van der Waals surface area contributed by atoms with Crippen LogP contribution in [0.25, 0.3) is 0 Å². The summed E-state index contributed by atoms with van der Waals surface area (Å²) in [6.45, 7) is 0. The zero-order valence-electron chi connectivity index (χ0n) is 12.1. The molecule has 0 saturated heterocycles. The maximum atomic E-state index is 6.05. The van der Waals surface area contributed by atoms with Crippen molar-refractivity contribution in [1.29, 1.82) is 0 Å². The third kappa shape index (κ3) is 2.92. The van der Waals surface area contributed by atoms with Crippen LogP contribution in [-0.4, -0.2) is 29.1 Å². The molecule has 0 amide bonds. The molecule has 0 aliphatic heterocycles. The van der Waals surface area contributed by atoms with Gasteiger partial charge in [-0.05, 0) is 31.0 Å². The van der Waals surface area contributed by atoms with Gasteiger partial charge in [-0.25, -0.2) is 4.68 Å². The van der Waals surface area contributed by atoms with Crippen molar-refractivity contribution in [3.63, 3.8) is 0 Å². The number of nitrogens with two attached hydrogens (primary N) is 1. The van der Waals surface area contributed by atoms with Crippen LogP contribution < -0.4 is 15.3 Å². The zero-order chi connectivity index (χ0) is 14.8. The van der Waals surface area contributed by atoms with Crippen LogP contribution in [0.1, 0.15) is 30.1 Å². The maximum Gasteiger partial charge on any atom is 0.210 e. The van der Waals surface area contributed by atoms with Crippen molar-refractivity contribution in [2.24, 2.45) is 0 Å². The fourth-order valence-electron chi connectivity index (χ4n) is 2.14. The second-order valence-electron chi connectivity index (χ2n) is 4.95. The highest BCUT2D eigenvalue weighted by Crippen LogP contribution is 2.39. The minimum Gasteiger partial charge on any atom is -0.497 e. The lowest BCUT2D eigenvalue weighted by Crippen LogP contribution is -2.13. The summed E-state index contributed by atoms with van der Waals surface area (Å²) in [7, 11) is 3.31. The smallest absolute Gasteiger partial charge is 0.210 e. The van der Waals surface area contributed by atoms with Crippen molar-refractivity contribution < 1.29 is 9.47 Å². The zero-order valence-corrected chi connectivity index (χ0v) is 12.9. The lowest BCUT2D eigenvalue weighted by atomic mass is 10.2. The highest BCUT2D eigenvalue weighted by atomic mass is 32.2. The summed E-state index contributed by atoms with van der Waals surface area (Å²) >= 11 is 1.54. The van der Waals surface area contributed by atoms with Crippen LogP contribution in [0.3, 0.4) is 0 Å². The van der Waals surface area contributed by atoms with Crippen LogP contribution in [-0.2, 0) is 5.75 Å². The molecule has 2 aromatic rings. The fraction of sp³-hybridized carbons (Fsp3) is 0.429. The van der Waals surface area contributed by atoms with Crippen molar-refractivity contribution >= 4 is 11.8 Å². The Morgan fingerprint density at radius 3 is 2.76 bits per heavy atom. The number of benzene rings is 1. The SMILES string of the molecule is COc1ccc(OC)c(CSc2nnc(C3CC3)n2N)c1. The van der Waals surface area contributed by atoms with E-state index in [0.717, 1.165) is 40.9 Å². The normalized spacial score (nSPS) is 14.2. The molecule has 0 spiro atoms. The Morgan fingerprint density at radius 1 is 1.29 bits per heavy atom. The molecule has 112 valence electrons. The fourth-order valence-corrected chi connectivity index (χ4v) is 2.99. The van der Waals surface area contributed by atoms with Gasteiger partial charge in [-0.2, -0.15) is 0 Å². The van der Waals surface area contributed by atoms with Crippen molar-refractivity contribution in [2.75, 3.05) is 20.1 Å². The van der Waals surface area contributed by atoms with E-state index < -0.39 is 0 Å². The van der Waals surface area contributed by atoms with Gasteiger partial charge in [0.05, 0.1) is 14.2 Å². The molecule has 0 radical (unpaired) electrons. The molecule has 1 heterocycles. The second-order valence-corrected chi connectivity index (χ2v) is 5.89. The Balaban J connectivity index is 1.75. The molecule has 1 aliphatic rings. The molecule has 1 saturated carbocycles. The minimum atomic E-state index is 0.489. The molecule has 7 heteroatoms. The van der Waals surface area contributed by atoms with Gasteiger partial charge < -0.3 is 15.3 Å². The van der Waals surface area contributed by atoms with E-state index in [1.54, 1.807) is 30.7 Å². The number of nitrogens with zero attached hydrogens (tertiary/aromatic N) is 3. The van der Waals surface area contributed by atoms with Crippen LogP contribution >= 0.6 is 11.8 Å². The average Bonchev–Trinajstić information content (AvgIpc) is 3.29. The molecule has 0 bridgehead atoms. The monoisotopic (exact) mass is 306 g/mol. The first-order valence-electron chi connectivity index (χ1n) is 6.77. The Bertz CT molecular complexity index is 640. The summed E-state index contributed by atoms with van der Waals surface area (Å²) in [4.78, 5) is 0. The predicted molar refractivity (Wildman–Crippen MR) is 81.3 cm³/mol. The second kappa shape index (κ2) is 5.85. The Labute approximate surface area is 127 Å². The molecule has 1 aliphatic carbocycles. The van der Waals surface area contributed by atoms with E-state index in [1.165, 1.54) is 0 Å². The van der Waals surface area contributed by atoms with Gasteiger partial charge in [0.25, 0.3) is 0 Å². The first kappa shape index (κ1) is 14.1. The van der Waals surface area contributed by atoms with Crippen molar-refractivity contribution in [3.05, 3.63) is 29.6 Å². The number of hydrogen-bond acceptors (Lipinski definition) is 6. The first-order valence-corrected chi connectivity index (χ1v) is 7.75. The van der Waals surface area contributed by atoms with Crippen LogP contribution in [0.5, 0.6) is 11.5 Å². The quantitative estimate of drug-likeness (QED) is 0.651. The maximum absolute atomic E-state index is 6.05. The summed E-state index contributed by atoms with van der Waals surface area (Å²) in [5, 5.41) is 9.07. The third-order valence-corrected chi connectivity index (χ3v) is 4.47. The number of methoxy groups -OCH3 is 2. The van der Waals surface area contributed by atoms with E-state index in [4.69, 9.17) is 15.3 Å². The topological polar surface area (TPSA) is 75.2 Å². The van der Waals surface area contributed by atoms with E-state index in [0.29, 0.717) is 11.7 Å². The molecular formula is C14H18N4O2S. The largest absolute Gasteiger partial charge is 0.497 e. The Hall–Kier alpha value is -1.89. The first-order chi connectivity index (χ1) is 10.2. The van der Waals surface area contributed by atoms with Gasteiger partial charge in [-0.1, -0.05) is 11.8 Å². The third-order valence-electron chi connectivity index (χ3n) is 3.48. The van der Waals surface area contributed by atoms with Gasteiger partial charge in [0.1, 0.15) is 11.5 Å².